The maximum absolute atomic E-state index is 14.4. The van der Waals surface area contributed by atoms with E-state index in [4.69, 9.17) is 23.2 Å². The van der Waals surface area contributed by atoms with Crippen molar-refractivity contribution in [3.8, 4) is 0 Å². The molecule has 0 heterocycles. The molecule has 1 atom stereocenters. The highest BCUT2D eigenvalue weighted by Gasteiger charge is 2.34. The molecule has 7 nitrogen and oxygen atoms in total. The minimum Gasteiger partial charge on any atom is -0.355 e. The fourth-order valence-corrected chi connectivity index (χ4v) is 6.80. The molecule has 0 fully saturated rings. The molecule has 1 unspecified atom stereocenters. The Morgan fingerprint density at radius 3 is 2.12 bits per heavy atom. The van der Waals surface area contributed by atoms with Gasteiger partial charge in [0.05, 0.1) is 10.6 Å². The van der Waals surface area contributed by atoms with Crippen molar-refractivity contribution in [2.75, 3.05) is 17.4 Å². The van der Waals surface area contributed by atoms with Gasteiger partial charge in [0.1, 0.15) is 12.6 Å². The van der Waals surface area contributed by atoms with Gasteiger partial charge in [0.25, 0.3) is 10.0 Å². The van der Waals surface area contributed by atoms with Gasteiger partial charge in [-0.1, -0.05) is 77.8 Å². The molecule has 2 amide bonds. The van der Waals surface area contributed by atoms with Crippen LogP contribution in [0.3, 0.4) is 0 Å². The van der Waals surface area contributed by atoms with Crippen LogP contribution in [0.5, 0.6) is 0 Å². The third-order valence-corrected chi connectivity index (χ3v) is 9.80. The molecule has 0 aromatic heterocycles. The highest BCUT2D eigenvalue weighted by Crippen LogP contribution is 2.27. The van der Waals surface area contributed by atoms with Crippen LogP contribution in [0.15, 0.2) is 108 Å². The van der Waals surface area contributed by atoms with E-state index in [1.807, 2.05) is 30.3 Å². The zero-order chi connectivity index (χ0) is 31.0. The van der Waals surface area contributed by atoms with Crippen molar-refractivity contribution >= 4 is 73.3 Å². The predicted octanol–water partition coefficient (Wildman–Crippen LogP) is 6.57. The van der Waals surface area contributed by atoms with Gasteiger partial charge in [-0.2, -0.15) is 0 Å². The van der Waals surface area contributed by atoms with Gasteiger partial charge < -0.3 is 10.2 Å². The van der Waals surface area contributed by atoms with Crippen molar-refractivity contribution in [2.24, 2.45) is 0 Å². The number of halogens is 3. The minimum absolute atomic E-state index is 0.0400. The molecule has 11 heteroatoms. The molecule has 0 radical (unpaired) electrons. The number of rotatable bonds is 12. The van der Waals surface area contributed by atoms with Crippen molar-refractivity contribution in [1.29, 1.82) is 0 Å². The Balaban J connectivity index is 1.80. The summed E-state index contributed by atoms with van der Waals surface area (Å²) in [6.45, 7) is 1.55. The molecule has 0 aliphatic heterocycles. The van der Waals surface area contributed by atoms with E-state index in [-0.39, 0.29) is 23.8 Å². The zero-order valence-electron chi connectivity index (χ0n) is 23.3. The number of hydrogen-bond acceptors (Lipinski definition) is 4. The smallest absolute Gasteiger partial charge is 0.264 e. The van der Waals surface area contributed by atoms with Gasteiger partial charge >= 0.3 is 0 Å². The van der Waals surface area contributed by atoms with Crippen LogP contribution >= 0.6 is 45.8 Å². The van der Waals surface area contributed by atoms with Crippen LogP contribution in [0.4, 0.5) is 5.69 Å². The molecular weight excluding hydrogens is 720 g/mol. The predicted molar refractivity (Wildman–Crippen MR) is 180 cm³/mol. The summed E-state index contributed by atoms with van der Waals surface area (Å²) >= 11 is 14.8. The molecule has 1 N–H and O–H groups in total. The van der Waals surface area contributed by atoms with Crippen molar-refractivity contribution in [3.63, 3.8) is 0 Å². The van der Waals surface area contributed by atoms with E-state index >= 15 is 0 Å². The lowest BCUT2D eigenvalue weighted by molar-refractivity contribution is -0.140. The first-order chi connectivity index (χ1) is 20.6. The lowest BCUT2D eigenvalue weighted by atomic mass is 10.0. The second kappa shape index (κ2) is 15.1. The number of sulfonamides is 1. The fourth-order valence-electron chi connectivity index (χ4n) is 4.54. The highest BCUT2D eigenvalue weighted by atomic mass is 127. The largest absolute Gasteiger partial charge is 0.355 e. The normalized spacial score (nSPS) is 11.9. The summed E-state index contributed by atoms with van der Waals surface area (Å²) in [5, 5.41) is 3.59. The molecular formula is C32H30Cl2IN3O4S. The van der Waals surface area contributed by atoms with Gasteiger partial charge in [-0.3, -0.25) is 13.9 Å². The lowest BCUT2D eigenvalue weighted by Gasteiger charge is -2.34. The lowest BCUT2D eigenvalue weighted by Crippen LogP contribution is -2.53. The molecule has 43 heavy (non-hydrogen) atoms. The number of likely N-dealkylation sites (N-methyl/N-ethyl adjacent to an activating group) is 1. The summed E-state index contributed by atoms with van der Waals surface area (Å²) < 4.78 is 29.9. The molecule has 224 valence electrons. The van der Waals surface area contributed by atoms with Gasteiger partial charge in [-0.15, -0.1) is 0 Å². The summed E-state index contributed by atoms with van der Waals surface area (Å²) in [6, 6.07) is 28.1. The van der Waals surface area contributed by atoms with Crippen LogP contribution in [0.25, 0.3) is 0 Å². The fraction of sp³-hybridized carbons (Fsp3) is 0.188. The van der Waals surface area contributed by atoms with E-state index in [0.29, 0.717) is 27.8 Å². The van der Waals surface area contributed by atoms with E-state index in [9.17, 15) is 18.0 Å². The molecule has 0 bridgehead atoms. The van der Waals surface area contributed by atoms with Gasteiger partial charge in [-0.05, 0) is 89.2 Å². The van der Waals surface area contributed by atoms with E-state index in [1.165, 1.54) is 17.0 Å². The summed E-state index contributed by atoms with van der Waals surface area (Å²) in [6.07, 6.45) is 0.207. The third kappa shape index (κ3) is 8.50. The SMILES string of the molecule is CCNC(=O)C(Cc1ccccc1)N(Cc1ccc(Cl)cc1Cl)C(=O)CN(c1ccc(I)cc1)S(=O)(=O)c1ccccc1. The number of benzene rings is 4. The number of carbonyl (C=O) groups excluding carboxylic acids is 2. The van der Waals surface area contributed by atoms with Crippen molar-refractivity contribution in [3.05, 3.63) is 128 Å². The molecule has 0 aliphatic carbocycles. The Morgan fingerprint density at radius 2 is 1.51 bits per heavy atom. The van der Waals surface area contributed by atoms with Crippen molar-refractivity contribution in [1.82, 2.24) is 10.2 Å². The van der Waals surface area contributed by atoms with Crippen LogP contribution in [-0.2, 0) is 32.6 Å². The molecule has 0 saturated heterocycles. The second-order valence-corrected chi connectivity index (χ2v) is 13.6. The van der Waals surface area contributed by atoms with Crippen LogP contribution in [0.1, 0.15) is 18.1 Å². The number of amides is 2. The molecule has 4 aromatic carbocycles. The Hall–Kier alpha value is -3.12. The number of hydrogen-bond donors (Lipinski definition) is 1. The summed E-state index contributed by atoms with van der Waals surface area (Å²) in [4.78, 5) is 29.3. The Bertz CT molecular complexity index is 1660. The molecule has 4 aromatic rings. The minimum atomic E-state index is -4.16. The van der Waals surface area contributed by atoms with E-state index in [2.05, 4.69) is 27.9 Å². The maximum Gasteiger partial charge on any atom is 0.264 e. The highest BCUT2D eigenvalue weighted by molar-refractivity contribution is 14.1. The van der Waals surface area contributed by atoms with E-state index in [0.717, 1.165) is 13.4 Å². The van der Waals surface area contributed by atoms with Gasteiger partial charge in [-0.25, -0.2) is 8.42 Å². The summed E-state index contributed by atoms with van der Waals surface area (Å²) in [7, 11) is -4.16. The number of nitrogens with zero attached hydrogens (tertiary/aromatic N) is 2. The van der Waals surface area contributed by atoms with Crippen LogP contribution in [0.2, 0.25) is 10.0 Å². The first-order valence-electron chi connectivity index (χ1n) is 13.5. The topological polar surface area (TPSA) is 86.8 Å². The molecule has 0 spiro atoms. The van der Waals surface area contributed by atoms with Gasteiger partial charge in [0, 0.05) is 33.1 Å². The average molecular weight is 750 g/mol. The van der Waals surface area contributed by atoms with Crippen LogP contribution in [0, 0.1) is 3.57 Å². The summed E-state index contributed by atoms with van der Waals surface area (Å²) in [5.41, 5.74) is 1.72. The molecule has 0 aliphatic rings. The average Bonchev–Trinajstić information content (AvgIpc) is 3.00. The number of carbonyl (C=O) groups is 2. The number of nitrogens with one attached hydrogen (secondary N) is 1. The first kappa shape index (κ1) is 32.8. The monoisotopic (exact) mass is 749 g/mol. The van der Waals surface area contributed by atoms with E-state index in [1.54, 1.807) is 67.6 Å². The van der Waals surface area contributed by atoms with E-state index < -0.39 is 28.5 Å². The van der Waals surface area contributed by atoms with Crippen molar-refractivity contribution < 1.29 is 18.0 Å². The van der Waals surface area contributed by atoms with Crippen LogP contribution < -0.4 is 9.62 Å². The second-order valence-electron chi connectivity index (χ2n) is 9.66. The number of anilines is 1. The standard InChI is InChI=1S/C32H30Cl2IN3O4S/c1-2-36-32(40)30(19-23-9-5-3-6-10-23)37(21-24-13-14-25(33)20-29(24)34)31(39)22-38(27-17-15-26(35)16-18-27)43(41,42)28-11-7-4-8-12-28/h3-18,20,30H,2,19,21-22H2,1H3,(H,36,40). The quantitative estimate of drug-likeness (QED) is 0.166. The maximum atomic E-state index is 14.4. The van der Waals surface area contributed by atoms with Crippen molar-refractivity contribution in [2.45, 2.75) is 30.8 Å². The molecule has 4 rings (SSSR count). The van der Waals surface area contributed by atoms with Gasteiger partial charge in [0.15, 0.2) is 0 Å². The Kier molecular flexibility index (Phi) is 11.5. The first-order valence-corrected chi connectivity index (χ1v) is 16.8. The Morgan fingerprint density at radius 1 is 0.884 bits per heavy atom. The Labute approximate surface area is 276 Å². The third-order valence-electron chi connectivity index (χ3n) is 6.70. The summed E-state index contributed by atoms with van der Waals surface area (Å²) in [5.74, 6) is -0.937. The van der Waals surface area contributed by atoms with Crippen LogP contribution in [-0.4, -0.2) is 44.3 Å². The zero-order valence-corrected chi connectivity index (χ0v) is 27.8. The van der Waals surface area contributed by atoms with Gasteiger partial charge in [0.2, 0.25) is 11.8 Å². The molecule has 0 saturated carbocycles.